The zero-order chi connectivity index (χ0) is 15.4. The number of hydrogen-bond donors (Lipinski definition) is 0. The first-order valence-electron chi connectivity index (χ1n) is 7.22. The molecule has 0 spiro atoms. The van der Waals surface area contributed by atoms with Crippen LogP contribution in [-0.4, -0.2) is 13.2 Å². The summed E-state index contributed by atoms with van der Waals surface area (Å²) in [7, 11) is 1.61. The third-order valence-electron chi connectivity index (χ3n) is 3.92. The van der Waals surface area contributed by atoms with Crippen LogP contribution in [0, 0.1) is 0 Å². The summed E-state index contributed by atoms with van der Waals surface area (Å²) >= 11 is 0. The maximum atomic E-state index is 10.6. The molecule has 3 rings (SSSR count). The van der Waals surface area contributed by atoms with E-state index in [2.05, 4.69) is 4.99 Å². The van der Waals surface area contributed by atoms with Crippen LogP contribution in [0.15, 0.2) is 53.5 Å². The summed E-state index contributed by atoms with van der Waals surface area (Å²) in [6.45, 7) is 0.463. The highest BCUT2D eigenvalue weighted by Crippen LogP contribution is 2.50. The van der Waals surface area contributed by atoms with Crippen molar-refractivity contribution in [1.29, 1.82) is 0 Å². The molecule has 0 amide bonds. The molecule has 0 saturated heterocycles. The first kappa shape index (κ1) is 14.4. The minimum absolute atomic E-state index is 0.404. The number of carbonyl (C=O) groups excluding carboxylic acids is 1. The van der Waals surface area contributed by atoms with Gasteiger partial charge in [0.25, 0.3) is 0 Å². The van der Waals surface area contributed by atoms with Gasteiger partial charge in [0.05, 0.1) is 12.6 Å². The largest absolute Gasteiger partial charge is 0.493 e. The molecule has 112 valence electrons. The van der Waals surface area contributed by atoms with Crippen LogP contribution < -0.4 is 9.47 Å². The van der Waals surface area contributed by atoms with Crippen LogP contribution in [-0.2, 0) is 16.9 Å². The number of rotatable bonds is 6. The van der Waals surface area contributed by atoms with Crippen LogP contribution in [0.2, 0.25) is 0 Å². The van der Waals surface area contributed by atoms with Gasteiger partial charge >= 0.3 is 0 Å². The molecule has 1 aliphatic carbocycles. The molecule has 1 saturated carbocycles. The van der Waals surface area contributed by atoms with Crippen LogP contribution in [0.1, 0.15) is 24.0 Å². The summed E-state index contributed by atoms with van der Waals surface area (Å²) in [4.78, 5) is 14.6. The molecule has 2 aromatic rings. The van der Waals surface area contributed by atoms with Crippen molar-refractivity contribution < 1.29 is 14.3 Å². The Morgan fingerprint density at radius 1 is 1.14 bits per heavy atom. The molecular formula is C18H17NO3. The Morgan fingerprint density at radius 2 is 1.91 bits per heavy atom. The van der Waals surface area contributed by atoms with Crippen LogP contribution in [0.25, 0.3) is 0 Å². The maximum Gasteiger partial charge on any atom is 0.235 e. The van der Waals surface area contributed by atoms with Gasteiger partial charge in [-0.2, -0.15) is 4.99 Å². The lowest BCUT2D eigenvalue weighted by Gasteiger charge is -2.15. The Labute approximate surface area is 129 Å². The molecule has 4 heteroatoms. The summed E-state index contributed by atoms with van der Waals surface area (Å²) < 4.78 is 11.2. The van der Waals surface area contributed by atoms with Crippen LogP contribution in [0.4, 0.5) is 0 Å². The predicted molar refractivity (Wildman–Crippen MR) is 82.8 cm³/mol. The zero-order valence-corrected chi connectivity index (χ0v) is 12.4. The lowest BCUT2D eigenvalue weighted by atomic mass is 10.0. The molecular weight excluding hydrogens is 278 g/mol. The lowest BCUT2D eigenvalue weighted by molar-refractivity contribution is 0.284. The number of aliphatic imine (C=N–C) groups is 1. The third-order valence-corrected chi connectivity index (χ3v) is 3.92. The van der Waals surface area contributed by atoms with Crippen molar-refractivity contribution in [3.63, 3.8) is 0 Å². The van der Waals surface area contributed by atoms with Gasteiger partial charge in [0.2, 0.25) is 6.08 Å². The smallest absolute Gasteiger partial charge is 0.235 e. The van der Waals surface area contributed by atoms with E-state index in [4.69, 9.17) is 9.47 Å². The van der Waals surface area contributed by atoms with Crippen molar-refractivity contribution in [3.8, 4) is 11.5 Å². The standard InChI is InChI=1S/C18H17NO3/c1-21-16-8-7-15(18(9-10-18)19-13-20)11-17(16)22-12-14-5-3-2-4-6-14/h2-8,11H,9-10,12H2,1H3. The summed E-state index contributed by atoms with van der Waals surface area (Å²) in [5.74, 6) is 1.33. The summed E-state index contributed by atoms with van der Waals surface area (Å²) in [6, 6.07) is 15.6. The van der Waals surface area contributed by atoms with Crippen molar-refractivity contribution in [2.24, 2.45) is 4.99 Å². The Morgan fingerprint density at radius 3 is 2.55 bits per heavy atom. The molecule has 1 aliphatic rings. The molecule has 0 atom stereocenters. The van der Waals surface area contributed by atoms with Crippen molar-refractivity contribution in [3.05, 3.63) is 59.7 Å². The number of ether oxygens (including phenoxy) is 2. The molecule has 1 fully saturated rings. The average molecular weight is 295 g/mol. The van der Waals surface area contributed by atoms with E-state index in [-0.39, 0.29) is 0 Å². The highest BCUT2D eigenvalue weighted by molar-refractivity contribution is 5.48. The van der Waals surface area contributed by atoms with Gasteiger partial charge in [-0.05, 0) is 36.1 Å². The lowest BCUT2D eigenvalue weighted by Crippen LogP contribution is -2.04. The molecule has 2 aromatic carbocycles. The van der Waals surface area contributed by atoms with Gasteiger partial charge < -0.3 is 9.47 Å². The summed E-state index contributed by atoms with van der Waals surface area (Å²) in [6.07, 6.45) is 3.41. The number of methoxy groups -OCH3 is 1. The minimum atomic E-state index is -0.404. The van der Waals surface area contributed by atoms with Crippen molar-refractivity contribution >= 4 is 6.08 Å². The second-order valence-corrected chi connectivity index (χ2v) is 5.37. The van der Waals surface area contributed by atoms with E-state index in [1.165, 1.54) is 0 Å². The van der Waals surface area contributed by atoms with E-state index in [1.54, 1.807) is 13.2 Å². The fourth-order valence-corrected chi connectivity index (χ4v) is 2.49. The third kappa shape index (κ3) is 2.87. The fraction of sp³-hybridized carbons (Fsp3) is 0.278. The normalized spacial score (nSPS) is 14.8. The van der Waals surface area contributed by atoms with E-state index in [1.807, 2.05) is 48.5 Å². The van der Waals surface area contributed by atoms with E-state index in [0.29, 0.717) is 18.1 Å². The van der Waals surface area contributed by atoms with Gasteiger partial charge in [-0.15, -0.1) is 0 Å². The predicted octanol–water partition coefficient (Wildman–Crippen LogP) is 3.60. The molecule has 22 heavy (non-hydrogen) atoms. The van der Waals surface area contributed by atoms with Gasteiger partial charge in [0.15, 0.2) is 11.5 Å². The zero-order valence-electron chi connectivity index (χ0n) is 12.4. The quantitative estimate of drug-likeness (QED) is 0.604. The van der Waals surface area contributed by atoms with E-state index < -0.39 is 5.54 Å². The van der Waals surface area contributed by atoms with Gasteiger partial charge in [-0.25, -0.2) is 4.79 Å². The van der Waals surface area contributed by atoms with Gasteiger partial charge in [-0.1, -0.05) is 36.4 Å². The van der Waals surface area contributed by atoms with Crippen molar-refractivity contribution in [2.75, 3.05) is 7.11 Å². The highest BCUT2D eigenvalue weighted by Gasteiger charge is 2.45. The highest BCUT2D eigenvalue weighted by atomic mass is 16.5. The molecule has 0 radical (unpaired) electrons. The maximum absolute atomic E-state index is 10.6. The van der Waals surface area contributed by atoms with Crippen LogP contribution in [0.3, 0.4) is 0 Å². The number of isocyanates is 1. The Hall–Kier alpha value is -2.58. The first-order valence-corrected chi connectivity index (χ1v) is 7.22. The summed E-state index contributed by atoms with van der Waals surface area (Å²) in [5.41, 5.74) is 1.65. The summed E-state index contributed by atoms with van der Waals surface area (Å²) in [5, 5.41) is 0. The topological polar surface area (TPSA) is 47.9 Å². The van der Waals surface area contributed by atoms with E-state index in [0.717, 1.165) is 24.0 Å². The molecule has 0 aromatic heterocycles. The van der Waals surface area contributed by atoms with Gasteiger partial charge in [-0.3, -0.25) is 0 Å². The van der Waals surface area contributed by atoms with Crippen molar-refractivity contribution in [1.82, 2.24) is 0 Å². The molecule has 0 bridgehead atoms. The van der Waals surface area contributed by atoms with Crippen LogP contribution >= 0.6 is 0 Å². The van der Waals surface area contributed by atoms with Crippen molar-refractivity contribution in [2.45, 2.75) is 25.0 Å². The number of hydrogen-bond acceptors (Lipinski definition) is 4. The average Bonchev–Trinajstić information content (AvgIpc) is 3.35. The second-order valence-electron chi connectivity index (χ2n) is 5.37. The monoisotopic (exact) mass is 295 g/mol. The first-order chi connectivity index (χ1) is 10.8. The number of benzene rings is 2. The van der Waals surface area contributed by atoms with Gasteiger partial charge in [0.1, 0.15) is 6.61 Å². The Kier molecular flexibility index (Phi) is 3.94. The van der Waals surface area contributed by atoms with E-state index in [9.17, 15) is 4.79 Å². The molecule has 0 unspecified atom stereocenters. The second kappa shape index (κ2) is 6.04. The molecule has 0 N–H and O–H groups in total. The van der Waals surface area contributed by atoms with Gasteiger partial charge in [0, 0.05) is 0 Å². The SMILES string of the molecule is COc1ccc(C2(N=C=O)CC2)cc1OCc1ccccc1. The molecule has 0 heterocycles. The molecule has 0 aliphatic heterocycles. The number of nitrogens with zero attached hydrogens (tertiary/aromatic N) is 1. The fourth-order valence-electron chi connectivity index (χ4n) is 2.49. The Balaban J connectivity index is 1.84. The molecule has 4 nitrogen and oxygen atoms in total. The minimum Gasteiger partial charge on any atom is -0.493 e. The Bertz CT molecular complexity index is 702. The van der Waals surface area contributed by atoms with E-state index >= 15 is 0 Å². The van der Waals surface area contributed by atoms with Crippen LogP contribution in [0.5, 0.6) is 11.5 Å².